The van der Waals surface area contributed by atoms with Crippen molar-refractivity contribution in [1.82, 2.24) is 4.90 Å². The van der Waals surface area contributed by atoms with Crippen LogP contribution in [0.5, 0.6) is 0 Å². The van der Waals surface area contributed by atoms with Crippen molar-refractivity contribution in [2.45, 2.75) is 63.1 Å². The Balaban J connectivity index is 1.30. The van der Waals surface area contributed by atoms with Gasteiger partial charge in [0.2, 0.25) is 0 Å². The summed E-state index contributed by atoms with van der Waals surface area (Å²) in [4.78, 5) is 2.34. The van der Waals surface area contributed by atoms with Gasteiger partial charge in [-0.1, -0.05) is 30.7 Å². The summed E-state index contributed by atoms with van der Waals surface area (Å²) in [6.07, 6.45) is 6.29. The van der Waals surface area contributed by atoms with E-state index < -0.39 is 6.10 Å². The molecule has 0 bridgehead atoms. The summed E-state index contributed by atoms with van der Waals surface area (Å²) in [7, 11) is 0. The number of fused-ring (bicyclic) bond motifs is 1. The van der Waals surface area contributed by atoms with Gasteiger partial charge >= 0.3 is 0 Å². The number of likely N-dealkylation sites (tertiary alicyclic amines) is 1. The smallest absolute Gasteiger partial charge is 0.173 e. The fraction of sp³-hybridized carbons (Fsp3) is 0.714. The van der Waals surface area contributed by atoms with Crippen LogP contribution in [0, 0.1) is 0 Å². The van der Waals surface area contributed by atoms with E-state index in [1.165, 1.54) is 24.0 Å². The van der Waals surface area contributed by atoms with E-state index in [9.17, 15) is 5.11 Å². The molecule has 3 unspecified atom stereocenters. The predicted octanol–water partition coefficient (Wildman–Crippen LogP) is 2.67. The van der Waals surface area contributed by atoms with E-state index in [4.69, 9.17) is 14.2 Å². The molecule has 1 N–H and O–H groups in total. The van der Waals surface area contributed by atoms with Crippen molar-refractivity contribution in [2.24, 2.45) is 0 Å². The van der Waals surface area contributed by atoms with Crippen molar-refractivity contribution in [3.8, 4) is 0 Å². The van der Waals surface area contributed by atoms with Gasteiger partial charge in [0.1, 0.15) is 0 Å². The molecule has 1 aliphatic carbocycles. The van der Waals surface area contributed by atoms with Crippen LogP contribution in [0.15, 0.2) is 24.3 Å². The molecule has 1 aromatic rings. The molecule has 2 saturated heterocycles. The average Bonchev–Trinajstić information content (AvgIpc) is 3.21. The van der Waals surface area contributed by atoms with Gasteiger partial charge in [0.15, 0.2) is 6.29 Å². The van der Waals surface area contributed by atoms with Gasteiger partial charge in [-0.05, 0) is 49.8 Å². The molecule has 2 fully saturated rings. The summed E-state index contributed by atoms with van der Waals surface area (Å²) in [5.74, 6) is 0. The number of aliphatic hydroxyl groups excluding tert-OH is 1. The van der Waals surface area contributed by atoms with Gasteiger partial charge in [0, 0.05) is 6.54 Å². The molecule has 0 aromatic heterocycles. The first-order valence-corrected chi connectivity index (χ1v) is 10.2. The molecule has 2 aliphatic heterocycles. The highest BCUT2D eigenvalue weighted by molar-refractivity contribution is 5.31. The quantitative estimate of drug-likeness (QED) is 0.844. The summed E-state index contributed by atoms with van der Waals surface area (Å²) < 4.78 is 17.6. The average molecular weight is 361 g/mol. The van der Waals surface area contributed by atoms with Crippen molar-refractivity contribution >= 4 is 0 Å². The van der Waals surface area contributed by atoms with Gasteiger partial charge < -0.3 is 19.3 Å². The van der Waals surface area contributed by atoms with Gasteiger partial charge in [-0.15, -0.1) is 0 Å². The summed E-state index contributed by atoms with van der Waals surface area (Å²) in [6, 6.07) is 8.80. The monoisotopic (exact) mass is 361 g/mol. The van der Waals surface area contributed by atoms with Crippen molar-refractivity contribution < 1.29 is 19.3 Å². The maximum absolute atomic E-state index is 10.6. The van der Waals surface area contributed by atoms with Gasteiger partial charge in [0.05, 0.1) is 38.1 Å². The van der Waals surface area contributed by atoms with Crippen LogP contribution in [0.4, 0.5) is 0 Å². The molecule has 26 heavy (non-hydrogen) atoms. The molecule has 2 heterocycles. The highest BCUT2D eigenvalue weighted by Gasteiger charge is 2.34. The molecule has 0 spiro atoms. The topological polar surface area (TPSA) is 51.2 Å². The minimum atomic E-state index is -0.480. The van der Waals surface area contributed by atoms with Gasteiger partial charge in [0.25, 0.3) is 0 Å². The number of hydrogen-bond acceptors (Lipinski definition) is 5. The number of rotatable bonds is 6. The zero-order valence-electron chi connectivity index (χ0n) is 15.5. The molecule has 4 rings (SSSR count). The molecule has 3 atom stereocenters. The molecule has 5 heteroatoms. The lowest BCUT2D eigenvalue weighted by Gasteiger charge is -2.39. The van der Waals surface area contributed by atoms with E-state index >= 15 is 0 Å². The minimum Gasteiger partial charge on any atom is -0.389 e. The Bertz CT molecular complexity index is 575. The first kappa shape index (κ1) is 18.4. The van der Waals surface area contributed by atoms with Gasteiger partial charge in [-0.25, -0.2) is 0 Å². The zero-order valence-corrected chi connectivity index (χ0v) is 15.5. The number of ether oxygens (including phenoxy) is 3. The van der Waals surface area contributed by atoms with Crippen LogP contribution in [0.1, 0.15) is 49.3 Å². The number of hydrogen-bond donors (Lipinski definition) is 1. The Morgan fingerprint density at radius 2 is 1.96 bits per heavy atom. The van der Waals surface area contributed by atoms with Gasteiger partial charge in [-0.3, -0.25) is 4.90 Å². The van der Waals surface area contributed by atoms with E-state index in [2.05, 4.69) is 29.2 Å². The lowest BCUT2D eigenvalue weighted by molar-refractivity contribution is -0.119. The number of piperidine rings is 1. The lowest BCUT2D eigenvalue weighted by atomic mass is 9.89. The molecular formula is C21H31NO4. The SMILES string of the molecule is OC(COC1CCCc2ccccc21)CN1CCCCC1C1OCCO1. The number of β-amino-alcohol motifs (C(OH)–C–C–N with tert-alkyl or cyclic N) is 1. The van der Waals surface area contributed by atoms with Crippen molar-refractivity contribution in [1.29, 1.82) is 0 Å². The van der Waals surface area contributed by atoms with E-state index in [0.29, 0.717) is 26.4 Å². The zero-order chi connectivity index (χ0) is 17.8. The van der Waals surface area contributed by atoms with Gasteiger partial charge in [-0.2, -0.15) is 0 Å². The Morgan fingerprint density at radius 1 is 1.12 bits per heavy atom. The molecule has 0 saturated carbocycles. The molecule has 3 aliphatic rings. The second-order valence-electron chi connectivity index (χ2n) is 7.73. The highest BCUT2D eigenvalue weighted by Crippen LogP contribution is 2.32. The second-order valence-corrected chi connectivity index (χ2v) is 7.73. The fourth-order valence-corrected chi connectivity index (χ4v) is 4.58. The number of benzene rings is 1. The van der Waals surface area contributed by atoms with E-state index in [0.717, 1.165) is 32.2 Å². The maximum atomic E-state index is 10.6. The number of aryl methyl sites for hydroxylation is 1. The molecule has 5 nitrogen and oxygen atoms in total. The van der Waals surface area contributed by atoms with Crippen LogP contribution in [-0.2, 0) is 20.6 Å². The largest absolute Gasteiger partial charge is 0.389 e. The fourth-order valence-electron chi connectivity index (χ4n) is 4.58. The van der Waals surface area contributed by atoms with Crippen LogP contribution in [0.3, 0.4) is 0 Å². The molecule has 1 aromatic carbocycles. The molecule has 0 radical (unpaired) electrons. The highest BCUT2D eigenvalue weighted by atomic mass is 16.7. The summed E-state index contributed by atoms with van der Waals surface area (Å²) in [5.41, 5.74) is 2.69. The van der Waals surface area contributed by atoms with Crippen molar-refractivity contribution in [3.05, 3.63) is 35.4 Å². The Hall–Kier alpha value is -0.980. The summed E-state index contributed by atoms with van der Waals surface area (Å²) in [6.45, 7) is 3.37. The minimum absolute atomic E-state index is 0.119. The third-order valence-electron chi connectivity index (χ3n) is 5.88. The first-order chi connectivity index (χ1) is 12.8. The van der Waals surface area contributed by atoms with Crippen LogP contribution in [-0.4, -0.2) is 61.4 Å². The van der Waals surface area contributed by atoms with Crippen LogP contribution >= 0.6 is 0 Å². The molecule has 0 amide bonds. The summed E-state index contributed by atoms with van der Waals surface area (Å²) >= 11 is 0. The third kappa shape index (κ3) is 4.29. The Kier molecular flexibility index (Phi) is 6.23. The lowest BCUT2D eigenvalue weighted by Crippen LogP contribution is -2.50. The number of aliphatic hydroxyl groups is 1. The van der Waals surface area contributed by atoms with Crippen LogP contribution in [0.2, 0.25) is 0 Å². The standard InChI is InChI=1S/C21H31NO4/c23-17(14-22-11-4-3-9-19(22)21-24-12-13-25-21)15-26-20-10-5-7-16-6-1-2-8-18(16)20/h1-2,6,8,17,19-21,23H,3-5,7,9-15H2. The van der Waals surface area contributed by atoms with Crippen LogP contribution < -0.4 is 0 Å². The normalized spacial score (nSPS) is 28.8. The van der Waals surface area contributed by atoms with Crippen molar-refractivity contribution in [3.63, 3.8) is 0 Å². The number of nitrogens with zero attached hydrogens (tertiary/aromatic N) is 1. The molecular weight excluding hydrogens is 330 g/mol. The first-order valence-electron chi connectivity index (χ1n) is 10.2. The van der Waals surface area contributed by atoms with E-state index in [-0.39, 0.29) is 18.4 Å². The van der Waals surface area contributed by atoms with E-state index in [1.54, 1.807) is 0 Å². The molecule has 144 valence electrons. The van der Waals surface area contributed by atoms with E-state index in [1.807, 2.05) is 0 Å². The Morgan fingerprint density at radius 3 is 2.85 bits per heavy atom. The van der Waals surface area contributed by atoms with Crippen LogP contribution in [0.25, 0.3) is 0 Å². The summed E-state index contributed by atoms with van der Waals surface area (Å²) in [5, 5.41) is 10.6. The third-order valence-corrected chi connectivity index (χ3v) is 5.88. The second kappa shape index (κ2) is 8.81. The predicted molar refractivity (Wildman–Crippen MR) is 99.0 cm³/mol. The van der Waals surface area contributed by atoms with Crippen molar-refractivity contribution in [2.75, 3.05) is 32.9 Å². The maximum Gasteiger partial charge on any atom is 0.173 e. The Labute approximate surface area is 156 Å².